The number of halogens is 1. The number of benzene rings is 2. The van der Waals surface area contributed by atoms with E-state index in [2.05, 4.69) is 92.3 Å². The molecule has 0 saturated carbocycles. The van der Waals surface area contributed by atoms with Gasteiger partial charge in [-0.25, -0.2) is 0 Å². The molecule has 0 unspecified atom stereocenters. The Bertz CT molecular complexity index is 598. The second kappa shape index (κ2) is 6.23. The van der Waals surface area contributed by atoms with Crippen molar-refractivity contribution in [1.82, 2.24) is 0 Å². The molecule has 0 radical (unpaired) electrons. The molecule has 112 valence electrons. The number of rotatable bonds is 3. The maximum atomic E-state index is 3.56. The minimum atomic E-state index is 0.213. The molecule has 0 heterocycles. The third-order valence-electron chi connectivity index (χ3n) is 3.79. The van der Waals surface area contributed by atoms with Crippen molar-refractivity contribution in [2.75, 3.05) is 5.32 Å². The van der Waals surface area contributed by atoms with Gasteiger partial charge < -0.3 is 5.32 Å². The Morgan fingerprint density at radius 1 is 0.952 bits per heavy atom. The maximum Gasteiger partial charge on any atom is 0.0403 e. The molecule has 21 heavy (non-hydrogen) atoms. The van der Waals surface area contributed by atoms with Gasteiger partial charge in [0.1, 0.15) is 0 Å². The van der Waals surface area contributed by atoms with Crippen LogP contribution in [0.5, 0.6) is 0 Å². The largest absolute Gasteiger partial charge is 0.381 e. The summed E-state index contributed by atoms with van der Waals surface area (Å²) in [6.45, 7) is 11.9. The molecule has 0 aliphatic rings. The van der Waals surface area contributed by atoms with E-state index in [1.165, 1.54) is 27.9 Å². The van der Waals surface area contributed by atoms with Gasteiger partial charge >= 0.3 is 0 Å². The summed E-state index contributed by atoms with van der Waals surface area (Å²) < 4.78 is 1.14. The number of aryl methyl sites for hydroxylation is 2. The van der Waals surface area contributed by atoms with Crippen LogP contribution in [0.2, 0.25) is 0 Å². The smallest absolute Gasteiger partial charge is 0.0403 e. The van der Waals surface area contributed by atoms with Crippen LogP contribution in [0, 0.1) is 13.8 Å². The molecule has 2 rings (SSSR count). The fraction of sp³-hybridized carbons (Fsp3) is 0.368. The fourth-order valence-electron chi connectivity index (χ4n) is 2.50. The number of hydrogen-bond acceptors (Lipinski definition) is 1. The average Bonchev–Trinajstić information content (AvgIpc) is 2.37. The summed E-state index contributed by atoms with van der Waals surface area (Å²) in [7, 11) is 0. The third kappa shape index (κ3) is 4.10. The highest BCUT2D eigenvalue weighted by Crippen LogP contribution is 2.26. The summed E-state index contributed by atoms with van der Waals surface area (Å²) in [6.07, 6.45) is 0. The van der Waals surface area contributed by atoms with Crippen LogP contribution in [0.1, 0.15) is 43.0 Å². The summed E-state index contributed by atoms with van der Waals surface area (Å²) in [5.41, 5.74) is 6.68. The third-order valence-corrected chi connectivity index (χ3v) is 4.24. The Hall–Kier alpha value is -1.28. The molecule has 1 N–H and O–H groups in total. The molecule has 1 nitrogen and oxygen atoms in total. The Labute approximate surface area is 136 Å². The van der Waals surface area contributed by atoms with E-state index in [0.717, 1.165) is 11.0 Å². The minimum absolute atomic E-state index is 0.213. The Balaban J connectivity index is 2.10. The second-order valence-corrected chi connectivity index (χ2v) is 7.63. The van der Waals surface area contributed by atoms with Gasteiger partial charge in [-0.1, -0.05) is 61.0 Å². The molecule has 0 bridgehead atoms. The summed E-state index contributed by atoms with van der Waals surface area (Å²) in [6, 6.07) is 13.2. The number of anilines is 1. The van der Waals surface area contributed by atoms with Crippen molar-refractivity contribution in [2.24, 2.45) is 0 Å². The van der Waals surface area contributed by atoms with Crippen molar-refractivity contribution in [3.8, 4) is 0 Å². The minimum Gasteiger partial charge on any atom is -0.381 e. The molecule has 0 aliphatic carbocycles. The van der Waals surface area contributed by atoms with E-state index in [9.17, 15) is 0 Å². The molecular formula is C19H24BrN. The van der Waals surface area contributed by atoms with E-state index in [1.807, 2.05) is 0 Å². The molecule has 0 fully saturated rings. The van der Waals surface area contributed by atoms with E-state index >= 15 is 0 Å². The predicted octanol–water partition coefficient (Wildman–Crippen LogP) is 5.98. The van der Waals surface area contributed by atoms with Gasteiger partial charge in [-0.3, -0.25) is 0 Å². The quantitative estimate of drug-likeness (QED) is 0.721. The zero-order valence-corrected chi connectivity index (χ0v) is 15.1. The first kappa shape index (κ1) is 16.1. The maximum absolute atomic E-state index is 3.56. The van der Waals surface area contributed by atoms with Crippen molar-refractivity contribution >= 4 is 21.6 Å². The topological polar surface area (TPSA) is 12.0 Å². The lowest BCUT2D eigenvalue weighted by Crippen LogP contribution is -2.11. The molecular weight excluding hydrogens is 322 g/mol. The standard InChI is InChI=1S/C19H24BrN/c1-13-10-17(20)11-14(2)18(13)21-12-15-6-8-16(9-7-15)19(3,4)5/h6-11,21H,12H2,1-5H3. The van der Waals surface area contributed by atoms with Crippen LogP contribution >= 0.6 is 15.9 Å². The summed E-state index contributed by atoms with van der Waals surface area (Å²) >= 11 is 3.54. The van der Waals surface area contributed by atoms with Gasteiger partial charge in [0.2, 0.25) is 0 Å². The molecule has 2 aromatic rings. The first-order valence-electron chi connectivity index (χ1n) is 7.37. The van der Waals surface area contributed by atoms with E-state index < -0.39 is 0 Å². The number of nitrogens with one attached hydrogen (secondary N) is 1. The summed E-state index contributed by atoms with van der Waals surface area (Å²) in [4.78, 5) is 0. The molecule has 0 atom stereocenters. The first-order chi connectivity index (χ1) is 9.77. The van der Waals surface area contributed by atoms with Gasteiger partial charge in [-0.05, 0) is 53.6 Å². The van der Waals surface area contributed by atoms with Crippen LogP contribution in [0.4, 0.5) is 5.69 Å². The average molecular weight is 346 g/mol. The predicted molar refractivity (Wildman–Crippen MR) is 96.1 cm³/mol. The summed E-state index contributed by atoms with van der Waals surface area (Å²) in [5.74, 6) is 0. The lowest BCUT2D eigenvalue weighted by Gasteiger charge is -2.19. The zero-order chi connectivity index (χ0) is 15.6. The van der Waals surface area contributed by atoms with E-state index in [1.54, 1.807) is 0 Å². The van der Waals surface area contributed by atoms with Gasteiger partial charge in [-0.15, -0.1) is 0 Å². The Morgan fingerprint density at radius 2 is 1.48 bits per heavy atom. The molecule has 0 spiro atoms. The van der Waals surface area contributed by atoms with E-state index in [0.29, 0.717) is 0 Å². The second-order valence-electron chi connectivity index (χ2n) is 6.72. The SMILES string of the molecule is Cc1cc(Br)cc(C)c1NCc1ccc(C(C)(C)C)cc1. The van der Waals surface area contributed by atoms with Crippen LogP contribution < -0.4 is 5.32 Å². The lowest BCUT2D eigenvalue weighted by atomic mass is 9.87. The van der Waals surface area contributed by atoms with Crippen LogP contribution in [0.3, 0.4) is 0 Å². The zero-order valence-electron chi connectivity index (χ0n) is 13.5. The van der Waals surface area contributed by atoms with E-state index in [-0.39, 0.29) is 5.41 Å². The van der Waals surface area contributed by atoms with E-state index in [4.69, 9.17) is 0 Å². The molecule has 0 amide bonds. The first-order valence-corrected chi connectivity index (χ1v) is 8.17. The highest BCUT2D eigenvalue weighted by molar-refractivity contribution is 9.10. The van der Waals surface area contributed by atoms with Crippen LogP contribution in [0.25, 0.3) is 0 Å². The molecule has 0 saturated heterocycles. The normalized spacial score (nSPS) is 11.5. The van der Waals surface area contributed by atoms with Gasteiger partial charge in [-0.2, -0.15) is 0 Å². The lowest BCUT2D eigenvalue weighted by molar-refractivity contribution is 0.590. The van der Waals surface area contributed by atoms with Gasteiger partial charge in [0.15, 0.2) is 0 Å². The highest BCUT2D eigenvalue weighted by atomic mass is 79.9. The highest BCUT2D eigenvalue weighted by Gasteiger charge is 2.12. The van der Waals surface area contributed by atoms with Crippen molar-refractivity contribution in [3.05, 3.63) is 63.1 Å². The van der Waals surface area contributed by atoms with Gasteiger partial charge in [0.05, 0.1) is 0 Å². The van der Waals surface area contributed by atoms with Crippen molar-refractivity contribution in [3.63, 3.8) is 0 Å². The monoisotopic (exact) mass is 345 g/mol. The molecule has 2 heteroatoms. The van der Waals surface area contributed by atoms with Crippen LogP contribution in [0.15, 0.2) is 40.9 Å². The number of hydrogen-bond donors (Lipinski definition) is 1. The summed E-state index contributed by atoms with van der Waals surface area (Å²) in [5, 5.41) is 3.56. The van der Waals surface area contributed by atoms with Crippen LogP contribution in [-0.4, -0.2) is 0 Å². The van der Waals surface area contributed by atoms with Gasteiger partial charge in [0, 0.05) is 16.7 Å². The van der Waals surface area contributed by atoms with Gasteiger partial charge in [0.25, 0.3) is 0 Å². The molecule has 0 aliphatic heterocycles. The van der Waals surface area contributed by atoms with Crippen molar-refractivity contribution < 1.29 is 0 Å². The van der Waals surface area contributed by atoms with Crippen LogP contribution in [-0.2, 0) is 12.0 Å². The molecule has 0 aromatic heterocycles. The van der Waals surface area contributed by atoms with Crippen molar-refractivity contribution in [2.45, 2.75) is 46.6 Å². The fourth-order valence-corrected chi connectivity index (χ4v) is 3.19. The Kier molecular flexibility index (Phi) is 4.77. The van der Waals surface area contributed by atoms with Crippen molar-refractivity contribution in [1.29, 1.82) is 0 Å². The molecule has 2 aromatic carbocycles. The Morgan fingerprint density at radius 3 is 1.95 bits per heavy atom.